The quantitative estimate of drug-likeness (QED) is 0.452. The molecule has 0 aromatic heterocycles. The minimum atomic E-state index is -1.21. The summed E-state index contributed by atoms with van der Waals surface area (Å²) in [6.45, 7) is 0. The fraction of sp³-hybridized carbons (Fsp3) is 0. The number of nitrogens with two attached hydrogens (primary N) is 1. The number of amides is 1. The number of hydrogen-bond donors (Lipinski definition) is 3. The Hall–Kier alpha value is -2.73. The molecule has 0 fully saturated rings. The second-order valence-electron chi connectivity index (χ2n) is 4.01. The average molecular weight is 274 g/mol. The van der Waals surface area contributed by atoms with Gasteiger partial charge in [-0.1, -0.05) is 18.2 Å². The maximum Gasteiger partial charge on any atom is 0.336 e. The van der Waals surface area contributed by atoms with E-state index >= 15 is 0 Å². The van der Waals surface area contributed by atoms with Gasteiger partial charge in [0.05, 0.1) is 5.56 Å². The van der Waals surface area contributed by atoms with E-state index in [1.54, 1.807) is 12.1 Å². The Morgan fingerprint density at radius 1 is 1.05 bits per heavy atom. The van der Waals surface area contributed by atoms with Gasteiger partial charge in [0, 0.05) is 5.56 Å². The number of nitrogens with one attached hydrogen (secondary N) is 1. The molecule has 102 valence electrons. The third kappa shape index (κ3) is 2.50. The molecule has 1 amide bonds. The molecule has 20 heavy (non-hydrogen) atoms. The van der Waals surface area contributed by atoms with Crippen molar-refractivity contribution in [3.8, 4) is 11.1 Å². The molecule has 5 nitrogen and oxygen atoms in total. The van der Waals surface area contributed by atoms with E-state index in [1.807, 2.05) is 5.43 Å². The molecule has 2 aromatic rings. The van der Waals surface area contributed by atoms with Crippen molar-refractivity contribution in [2.24, 2.45) is 5.84 Å². The van der Waals surface area contributed by atoms with Crippen LogP contribution in [0.3, 0.4) is 0 Å². The average Bonchev–Trinajstić information content (AvgIpc) is 2.46. The van der Waals surface area contributed by atoms with Gasteiger partial charge in [0.15, 0.2) is 0 Å². The lowest BCUT2D eigenvalue weighted by Crippen LogP contribution is -2.30. The number of benzene rings is 2. The van der Waals surface area contributed by atoms with E-state index in [2.05, 4.69) is 0 Å². The molecule has 2 aromatic carbocycles. The largest absolute Gasteiger partial charge is 0.478 e. The molecule has 0 aliphatic heterocycles. The summed E-state index contributed by atoms with van der Waals surface area (Å²) in [6, 6.07) is 9.53. The van der Waals surface area contributed by atoms with Crippen LogP contribution in [0, 0.1) is 5.82 Å². The van der Waals surface area contributed by atoms with Crippen LogP contribution in [-0.2, 0) is 0 Å². The summed E-state index contributed by atoms with van der Waals surface area (Å²) in [7, 11) is 0. The van der Waals surface area contributed by atoms with E-state index in [4.69, 9.17) is 10.9 Å². The third-order valence-electron chi connectivity index (χ3n) is 2.80. The van der Waals surface area contributed by atoms with Crippen molar-refractivity contribution in [3.63, 3.8) is 0 Å². The zero-order valence-corrected chi connectivity index (χ0v) is 10.3. The number of nitrogen functional groups attached to an aromatic ring is 1. The Morgan fingerprint density at radius 2 is 1.75 bits per heavy atom. The van der Waals surface area contributed by atoms with Crippen LogP contribution < -0.4 is 11.3 Å². The molecule has 0 aliphatic carbocycles. The summed E-state index contributed by atoms with van der Waals surface area (Å²) in [6.07, 6.45) is 0. The lowest BCUT2D eigenvalue weighted by Gasteiger charge is -2.11. The number of carbonyl (C=O) groups excluding carboxylic acids is 1. The Labute approximate surface area is 113 Å². The molecule has 0 spiro atoms. The smallest absolute Gasteiger partial charge is 0.336 e. The van der Waals surface area contributed by atoms with Crippen molar-refractivity contribution in [2.45, 2.75) is 0 Å². The van der Waals surface area contributed by atoms with E-state index in [1.165, 1.54) is 12.1 Å². The van der Waals surface area contributed by atoms with Gasteiger partial charge in [0.1, 0.15) is 5.82 Å². The normalized spacial score (nSPS) is 10.1. The van der Waals surface area contributed by atoms with Crippen LogP contribution in [-0.4, -0.2) is 17.0 Å². The van der Waals surface area contributed by atoms with Crippen molar-refractivity contribution in [2.75, 3.05) is 0 Å². The van der Waals surface area contributed by atoms with Gasteiger partial charge in [-0.3, -0.25) is 10.2 Å². The first-order valence-electron chi connectivity index (χ1n) is 5.67. The van der Waals surface area contributed by atoms with Crippen LogP contribution in [0.5, 0.6) is 0 Å². The number of rotatable bonds is 3. The first kappa shape index (κ1) is 13.7. The van der Waals surface area contributed by atoms with E-state index in [0.29, 0.717) is 5.56 Å². The van der Waals surface area contributed by atoms with Gasteiger partial charge >= 0.3 is 5.97 Å². The highest BCUT2D eigenvalue weighted by molar-refractivity contribution is 6.04. The second kappa shape index (κ2) is 5.50. The van der Waals surface area contributed by atoms with Crippen LogP contribution in [0.25, 0.3) is 11.1 Å². The summed E-state index contributed by atoms with van der Waals surface area (Å²) < 4.78 is 13.4. The molecule has 0 aliphatic rings. The van der Waals surface area contributed by atoms with E-state index in [-0.39, 0.29) is 16.7 Å². The summed E-state index contributed by atoms with van der Waals surface area (Å²) in [5.74, 6) is 2.71. The SMILES string of the molecule is NNC(=O)c1ccccc1-c1cc(F)ccc1C(=O)O. The number of carbonyl (C=O) groups is 2. The third-order valence-corrected chi connectivity index (χ3v) is 2.80. The molecule has 0 unspecified atom stereocenters. The van der Waals surface area contributed by atoms with Crippen LogP contribution in [0.15, 0.2) is 42.5 Å². The molecular weight excluding hydrogens is 263 g/mol. The minimum absolute atomic E-state index is 0.0938. The molecule has 0 heterocycles. The predicted molar refractivity (Wildman–Crippen MR) is 70.4 cm³/mol. The summed E-state index contributed by atoms with van der Waals surface area (Å²) >= 11 is 0. The van der Waals surface area contributed by atoms with Crippen molar-refractivity contribution in [3.05, 3.63) is 59.4 Å². The standard InChI is InChI=1S/C14H11FN2O3/c15-8-5-6-11(14(19)20)12(7-8)9-3-1-2-4-10(9)13(18)17-16/h1-7H,16H2,(H,17,18)(H,19,20). The van der Waals surface area contributed by atoms with Gasteiger partial charge in [-0.15, -0.1) is 0 Å². The first-order valence-corrected chi connectivity index (χ1v) is 5.67. The Balaban J connectivity index is 2.71. The Bertz CT molecular complexity index is 686. The molecular formula is C14H11FN2O3. The Morgan fingerprint density at radius 3 is 2.40 bits per heavy atom. The number of hydrazine groups is 1. The topological polar surface area (TPSA) is 92.4 Å². The minimum Gasteiger partial charge on any atom is -0.478 e. The molecule has 0 radical (unpaired) electrons. The maximum absolute atomic E-state index is 13.4. The monoisotopic (exact) mass is 274 g/mol. The van der Waals surface area contributed by atoms with Crippen LogP contribution in [0.1, 0.15) is 20.7 Å². The molecule has 2 rings (SSSR count). The fourth-order valence-electron chi connectivity index (χ4n) is 1.92. The number of hydrogen-bond acceptors (Lipinski definition) is 3. The maximum atomic E-state index is 13.4. The lowest BCUT2D eigenvalue weighted by molar-refractivity contribution is 0.0697. The second-order valence-corrected chi connectivity index (χ2v) is 4.01. The zero-order chi connectivity index (χ0) is 14.7. The van der Waals surface area contributed by atoms with Crippen LogP contribution >= 0.6 is 0 Å². The summed E-state index contributed by atoms with van der Waals surface area (Å²) in [5.41, 5.74) is 2.47. The highest BCUT2D eigenvalue weighted by atomic mass is 19.1. The molecule has 0 atom stereocenters. The lowest BCUT2D eigenvalue weighted by atomic mass is 9.95. The molecule has 6 heteroatoms. The summed E-state index contributed by atoms with van der Waals surface area (Å²) in [5, 5.41) is 9.16. The molecule has 0 saturated heterocycles. The number of aromatic carboxylic acids is 1. The van der Waals surface area contributed by atoms with Gasteiger partial charge < -0.3 is 5.11 Å². The number of carboxylic acid groups (broad SMARTS) is 1. The van der Waals surface area contributed by atoms with Crippen molar-refractivity contribution in [1.29, 1.82) is 0 Å². The molecule has 4 N–H and O–H groups in total. The van der Waals surface area contributed by atoms with E-state index in [0.717, 1.165) is 18.2 Å². The van der Waals surface area contributed by atoms with Crippen molar-refractivity contribution in [1.82, 2.24) is 5.43 Å². The highest BCUT2D eigenvalue weighted by Crippen LogP contribution is 2.28. The van der Waals surface area contributed by atoms with Gasteiger partial charge in [0.25, 0.3) is 5.91 Å². The van der Waals surface area contributed by atoms with Gasteiger partial charge in [-0.2, -0.15) is 0 Å². The fourth-order valence-corrected chi connectivity index (χ4v) is 1.92. The van der Waals surface area contributed by atoms with Crippen molar-refractivity contribution >= 4 is 11.9 Å². The molecule has 0 saturated carbocycles. The van der Waals surface area contributed by atoms with E-state index < -0.39 is 17.7 Å². The predicted octanol–water partition coefficient (Wildman–Crippen LogP) is 1.79. The number of carboxylic acids is 1. The highest BCUT2D eigenvalue weighted by Gasteiger charge is 2.17. The van der Waals surface area contributed by atoms with Gasteiger partial charge in [-0.05, 0) is 35.4 Å². The Kier molecular flexibility index (Phi) is 3.76. The molecule has 0 bridgehead atoms. The van der Waals surface area contributed by atoms with Gasteiger partial charge in [-0.25, -0.2) is 15.0 Å². The van der Waals surface area contributed by atoms with Crippen LogP contribution in [0.2, 0.25) is 0 Å². The first-order chi connectivity index (χ1) is 9.54. The van der Waals surface area contributed by atoms with E-state index in [9.17, 15) is 14.0 Å². The van der Waals surface area contributed by atoms with Gasteiger partial charge in [0.2, 0.25) is 0 Å². The number of halogens is 1. The summed E-state index contributed by atoms with van der Waals surface area (Å²) in [4.78, 5) is 22.9. The van der Waals surface area contributed by atoms with Crippen LogP contribution in [0.4, 0.5) is 4.39 Å². The zero-order valence-electron chi connectivity index (χ0n) is 10.3. The van der Waals surface area contributed by atoms with Crippen molar-refractivity contribution < 1.29 is 19.1 Å².